The molecule has 10 heavy (non-hydrogen) atoms. The van der Waals surface area contributed by atoms with Crippen molar-refractivity contribution in [3.63, 3.8) is 0 Å². The molecule has 0 radical (unpaired) electrons. The van der Waals surface area contributed by atoms with Crippen LogP contribution in [0.4, 0.5) is 4.79 Å². The predicted molar refractivity (Wildman–Crippen MR) is 36.6 cm³/mol. The molecule has 1 heterocycles. The maximum Gasteiger partial charge on any atom is 0.409 e. The minimum absolute atomic E-state index is 0.424. The van der Waals surface area contributed by atoms with Crippen LogP contribution >= 0.6 is 11.8 Å². The molecule has 5 heteroatoms. The number of nitriles is 1. The van der Waals surface area contributed by atoms with E-state index in [0.29, 0.717) is 11.6 Å². The lowest BCUT2D eigenvalue weighted by Crippen LogP contribution is -2.34. The first-order chi connectivity index (χ1) is 4.75. The number of amides is 1. The van der Waals surface area contributed by atoms with E-state index in [9.17, 15) is 4.79 Å². The molecule has 4 nitrogen and oxygen atoms in total. The predicted octanol–water partition coefficient (Wildman–Crippen LogP) is 0.563. The van der Waals surface area contributed by atoms with E-state index in [0.717, 1.165) is 4.90 Å². The van der Waals surface area contributed by atoms with Gasteiger partial charge in [-0.2, -0.15) is 5.26 Å². The van der Waals surface area contributed by atoms with Crippen LogP contribution in [0.2, 0.25) is 0 Å². The minimum atomic E-state index is -1.00. The van der Waals surface area contributed by atoms with Crippen LogP contribution in [0, 0.1) is 11.3 Å². The molecule has 1 fully saturated rings. The monoisotopic (exact) mass is 158 g/mol. The Hall–Kier alpha value is -0.890. The molecule has 1 rings (SSSR count). The van der Waals surface area contributed by atoms with E-state index in [1.165, 1.54) is 11.8 Å². The Morgan fingerprint density at radius 1 is 1.90 bits per heavy atom. The van der Waals surface area contributed by atoms with Crippen LogP contribution in [-0.4, -0.2) is 33.8 Å². The van der Waals surface area contributed by atoms with E-state index in [1.807, 2.05) is 6.07 Å². The van der Waals surface area contributed by atoms with Gasteiger partial charge in [0.2, 0.25) is 0 Å². The van der Waals surface area contributed by atoms with Crippen molar-refractivity contribution >= 4 is 17.9 Å². The summed E-state index contributed by atoms with van der Waals surface area (Å²) in [6, 6.07) is 1.48. The van der Waals surface area contributed by atoms with Gasteiger partial charge in [-0.15, -0.1) is 11.8 Å². The first-order valence-electron chi connectivity index (χ1n) is 2.72. The van der Waals surface area contributed by atoms with Crippen LogP contribution in [0.15, 0.2) is 0 Å². The molecular weight excluding hydrogens is 152 g/mol. The smallest absolute Gasteiger partial charge is 0.409 e. The molecule has 1 aliphatic rings. The van der Waals surface area contributed by atoms with Crippen LogP contribution in [-0.2, 0) is 0 Å². The maximum atomic E-state index is 10.3. The molecule has 54 valence electrons. The Labute approximate surface area is 62.4 Å². The van der Waals surface area contributed by atoms with Gasteiger partial charge >= 0.3 is 6.09 Å². The highest BCUT2D eigenvalue weighted by Crippen LogP contribution is 2.19. The van der Waals surface area contributed by atoms with Crippen molar-refractivity contribution in [2.45, 2.75) is 6.04 Å². The number of thioether (sulfide) groups is 1. The standard InChI is InChI=1S/C5H6N2O2S/c6-1-4-2-10-3-7(4)5(8)9/h4H,2-3H2,(H,8,9). The minimum Gasteiger partial charge on any atom is -0.465 e. The van der Waals surface area contributed by atoms with Crippen molar-refractivity contribution in [3.05, 3.63) is 0 Å². The second kappa shape index (κ2) is 2.80. The van der Waals surface area contributed by atoms with Gasteiger partial charge in [0.05, 0.1) is 11.9 Å². The summed E-state index contributed by atoms with van der Waals surface area (Å²) in [5.41, 5.74) is 0. The van der Waals surface area contributed by atoms with Crippen molar-refractivity contribution in [2.75, 3.05) is 11.6 Å². The summed E-state index contributed by atoms with van der Waals surface area (Å²) in [5, 5.41) is 16.9. The zero-order chi connectivity index (χ0) is 7.56. The molecule has 1 atom stereocenters. The normalized spacial score (nSPS) is 24.3. The van der Waals surface area contributed by atoms with Gasteiger partial charge in [-0.3, -0.25) is 4.90 Å². The van der Waals surface area contributed by atoms with Crippen LogP contribution in [0.25, 0.3) is 0 Å². The second-order valence-corrected chi connectivity index (χ2v) is 2.90. The van der Waals surface area contributed by atoms with Crippen LogP contribution in [0.1, 0.15) is 0 Å². The molecule has 0 aromatic carbocycles. The van der Waals surface area contributed by atoms with E-state index in [2.05, 4.69) is 0 Å². The molecule has 1 unspecified atom stereocenters. The highest BCUT2D eigenvalue weighted by atomic mass is 32.2. The number of hydrogen-bond donors (Lipinski definition) is 1. The largest absolute Gasteiger partial charge is 0.465 e. The maximum absolute atomic E-state index is 10.3. The van der Waals surface area contributed by atoms with E-state index in [4.69, 9.17) is 10.4 Å². The Bertz CT molecular complexity index is 189. The fraction of sp³-hybridized carbons (Fsp3) is 0.600. The van der Waals surface area contributed by atoms with Gasteiger partial charge in [-0.25, -0.2) is 4.79 Å². The third-order valence-corrected chi connectivity index (χ3v) is 2.29. The highest BCUT2D eigenvalue weighted by molar-refractivity contribution is 7.99. The molecule has 1 N–H and O–H groups in total. The van der Waals surface area contributed by atoms with Gasteiger partial charge in [0.15, 0.2) is 0 Å². The molecular formula is C5H6N2O2S. The molecule has 0 aliphatic carbocycles. The number of hydrogen-bond acceptors (Lipinski definition) is 3. The van der Waals surface area contributed by atoms with Crippen molar-refractivity contribution in [2.24, 2.45) is 0 Å². The van der Waals surface area contributed by atoms with Gasteiger partial charge in [0.25, 0.3) is 0 Å². The number of rotatable bonds is 0. The van der Waals surface area contributed by atoms with Crippen LogP contribution < -0.4 is 0 Å². The van der Waals surface area contributed by atoms with Gasteiger partial charge in [-0.05, 0) is 0 Å². The first-order valence-corrected chi connectivity index (χ1v) is 3.88. The topological polar surface area (TPSA) is 64.3 Å². The fourth-order valence-corrected chi connectivity index (χ4v) is 1.81. The molecule has 0 saturated carbocycles. The molecule has 1 amide bonds. The lowest BCUT2D eigenvalue weighted by Gasteiger charge is -2.12. The second-order valence-electron chi connectivity index (χ2n) is 1.90. The molecule has 1 saturated heterocycles. The van der Waals surface area contributed by atoms with E-state index >= 15 is 0 Å². The van der Waals surface area contributed by atoms with Crippen LogP contribution in [0.3, 0.4) is 0 Å². The van der Waals surface area contributed by atoms with Gasteiger partial charge in [-0.1, -0.05) is 0 Å². The SMILES string of the molecule is N#CC1CSCN1C(=O)O. The van der Waals surface area contributed by atoms with Crippen molar-refractivity contribution in [3.8, 4) is 6.07 Å². The molecule has 0 aromatic rings. The Morgan fingerprint density at radius 2 is 2.60 bits per heavy atom. The van der Waals surface area contributed by atoms with Crippen LogP contribution in [0.5, 0.6) is 0 Å². The van der Waals surface area contributed by atoms with E-state index in [-0.39, 0.29) is 0 Å². The fourth-order valence-electron chi connectivity index (χ4n) is 0.738. The van der Waals surface area contributed by atoms with Crippen molar-refractivity contribution < 1.29 is 9.90 Å². The summed E-state index contributed by atoms with van der Waals surface area (Å²) in [7, 11) is 0. The molecule has 0 aromatic heterocycles. The average molecular weight is 158 g/mol. The summed E-state index contributed by atoms with van der Waals surface area (Å²) < 4.78 is 0. The quantitative estimate of drug-likeness (QED) is 0.559. The summed E-state index contributed by atoms with van der Waals surface area (Å²) >= 11 is 1.47. The van der Waals surface area contributed by atoms with E-state index in [1.54, 1.807) is 0 Å². The average Bonchev–Trinajstić information content (AvgIpc) is 2.33. The lowest BCUT2D eigenvalue weighted by molar-refractivity contribution is 0.151. The molecule has 0 spiro atoms. The lowest BCUT2D eigenvalue weighted by atomic mass is 10.3. The highest BCUT2D eigenvalue weighted by Gasteiger charge is 2.28. The summed E-state index contributed by atoms with van der Waals surface area (Å²) in [6.07, 6.45) is -1.00. The number of nitrogens with zero attached hydrogens (tertiary/aromatic N) is 2. The summed E-state index contributed by atoms with van der Waals surface area (Å²) in [5.74, 6) is 1.02. The zero-order valence-corrected chi connectivity index (χ0v) is 5.97. The summed E-state index contributed by atoms with van der Waals surface area (Å²) in [4.78, 5) is 11.5. The third-order valence-electron chi connectivity index (χ3n) is 1.28. The Morgan fingerprint density at radius 3 is 3.00 bits per heavy atom. The summed E-state index contributed by atoms with van der Waals surface area (Å²) in [6.45, 7) is 0. The molecule has 1 aliphatic heterocycles. The van der Waals surface area contributed by atoms with Gasteiger partial charge < -0.3 is 5.11 Å². The number of carbonyl (C=O) groups is 1. The van der Waals surface area contributed by atoms with Gasteiger partial charge in [0.1, 0.15) is 6.04 Å². The van der Waals surface area contributed by atoms with Crippen molar-refractivity contribution in [1.82, 2.24) is 4.90 Å². The third kappa shape index (κ3) is 1.16. The van der Waals surface area contributed by atoms with Gasteiger partial charge in [0, 0.05) is 5.75 Å². The zero-order valence-electron chi connectivity index (χ0n) is 5.15. The first kappa shape index (κ1) is 7.22. The number of carboxylic acid groups (broad SMARTS) is 1. The Kier molecular flexibility index (Phi) is 2.02. The van der Waals surface area contributed by atoms with E-state index < -0.39 is 12.1 Å². The molecule has 0 bridgehead atoms. The van der Waals surface area contributed by atoms with Crippen molar-refractivity contribution in [1.29, 1.82) is 5.26 Å². The Balaban J connectivity index is 2.61.